The molecule has 0 saturated heterocycles. The number of hydrogen-bond acceptors (Lipinski definition) is 5. The van der Waals surface area contributed by atoms with E-state index in [-0.39, 0.29) is 4.90 Å². The number of benzene rings is 1. The third kappa shape index (κ3) is 3.96. The molecule has 1 aromatic carbocycles. The lowest BCUT2D eigenvalue weighted by Crippen LogP contribution is -2.25. The van der Waals surface area contributed by atoms with Gasteiger partial charge in [-0.25, -0.2) is 18.1 Å². The Morgan fingerprint density at radius 1 is 1.43 bits per heavy atom. The highest BCUT2D eigenvalue weighted by molar-refractivity contribution is 7.89. The smallest absolute Gasteiger partial charge is 0.240 e. The van der Waals surface area contributed by atoms with E-state index in [1.807, 2.05) is 10.8 Å². The fraction of sp³-hybridized carbons (Fsp3) is 0.308. The van der Waals surface area contributed by atoms with Gasteiger partial charge in [-0.2, -0.15) is 0 Å². The van der Waals surface area contributed by atoms with Crippen LogP contribution in [0.4, 0.5) is 5.69 Å². The molecule has 1 heterocycles. The van der Waals surface area contributed by atoms with E-state index < -0.39 is 10.0 Å². The molecule has 1 aromatic heterocycles. The predicted molar refractivity (Wildman–Crippen MR) is 79.4 cm³/mol. The van der Waals surface area contributed by atoms with Crippen molar-refractivity contribution in [2.45, 2.75) is 17.9 Å². The Morgan fingerprint density at radius 2 is 2.24 bits per heavy atom. The summed E-state index contributed by atoms with van der Waals surface area (Å²) in [5, 5.41) is 0. The number of nitrogens with zero attached hydrogens (tertiary/aromatic N) is 2. The molecule has 0 radical (unpaired) electrons. The molecule has 0 atom stereocenters. The van der Waals surface area contributed by atoms with Crippen LogP contribution in [0.1, 0.15) is 6.42 Å². The second kappa shape index (κ2) is 6.59. The maximum Gasteiger partial charge on any atom is 0.240 e. The summed E-state index contributed by atoms with van der Waals surface area (Å²) in [6, 6.07) is 4.38. The van der Waals surface area contributed by atoms with Crippen molar-refractivity contribution < 1.29 is 13.2 Å². The highest BCUT2D eigenvalue weighted by Gasteiger charge is 2.15. The number of nitrogens with two attached hydrogens (primary N) is 1. The van der Waals surface area contributed by atoms with Crippen LogP contribution in [0.5, 0.6) is 5.75 Å². The molecule has 0 aliphatic heterocycles. The zero-order chi connectivity index (χ0) is 15.3. The standard InChI is InChI=1S/C13H18N4O3S/c1-20-13-9-11(3-4-12(13)14)21(18,19)16-5-2-7-17-8-6-15-10-17/h3-4,6,8-10,16H,2,5,7,14H2,1H3. The second-order valence-corrected chi connectivity index (χ2v) is 6.22. The van der Waals surface area contributed by atoms with Gasteiger partial charge in [0.15, 0.2) is 0 Å². The molecule has 0 saturated carbocycles. The average Bonchev–Trinajstić information content (AvgIpc) is 2.97. The van der Waals surface area contributed by atoms with Gasteiger partial charge in [0.2, 0.25) is 10.0 Å². The minimum atomic E-state index is -3.56. The Kier molecular flexibility index (Phi) is 4.81. The van der Waals surface area contributed by atoms with E-state index in [1.165, 1.54) is 25.3 Å². The lowest BCUT2D eigenvalue weighted by atomic mass is 10.3. The van der Waals surface area contributed by atoms with Crippen LogP contribution in [0.15, 0.2) is 41.8 Å². The zero-order valence-corrected chi connectivity index (χ0v) is 12.5. The number of hydrogen-bond donors (Lipinski definition) is 2. The van der Waals surface area contributed by atoms with Crippen LogP contribution in [-0.2, 0) is 16.6 Å². The summed E-state index contributed by atoms with van der Waals surface area (Å²) >= 11 is 0. The average molecular weight is 310 g/mol. The Morgan fingerprint density at radius 3 is 2.90 bits per heavy atom. The van der Waals surface area contributed by atoms with E-state index in [0.29, 0.717) is 30.9 Å². The largest absolute Gasteiger partial charge is 0.495 e. The second-order valence-electron chi connectivity index (χ2n) is 4.46. The van der Waals surface area contributed by atoms with Gasteiger partial charge in [0, 0.05) is 31.5 Å². The van der Waals surface area contributed by atoms with Gasteiger partial charge in [0.1, 0.15) is 5.75 Å². The van der Waals surface area contributed by atoms with E-state index in [1.54, 1.807) is 12.5 Å². The first kappa shape index (κ1) is 15.3. The van der Waals surface area contributed by atoms with Crippen LogP contribution < -0.4 is 15.2 Å². The van der Waals surface area contributed by atoms with Crippen molar-refractivity contribution in [3.05, 3.63) is 36.9 Å². The van der Waals surface area contributed by atoms with Crippen molar-refractivity contribution in [3.8, 4) is 5.75 Å². The number of aromatic nitrogens is 2. The molecule has 0 spiro atoms. The van der Waals surface area contributed by atoms with E-state index in [2.05, 4.69) is 9.71 Å². The fourth-order valence-corrected chi connectivity index (χ4v) is 2.92. The number of nitrogens with one attached hydrogen (secondary N) is 1. The van der Waals surface area contributed by atoms with Gasteiger partial charge in [0.05, 0.1) is 24.0 Å². The predicted octanol–water partition coefficient (Wildman–Crippen LogP) is 0.842. The maximum atomic E-state index is 12.1. The molecule has 2 aromatic rings. The monoisotopic (exact) mass is 310 g/mol. The minimum absolute atomic E-state index is 0.135. The van der Waals surface area contributed by atoms with Crippen molar-refractivity contribution in [3.63, 3.8) is 0 Å². The summed E-state index contributed by atoms with van der Waals surface area (Å²) in [6.45, 7) is 1.04. The van der Waals surface area contributed by atoms with E-state index in [4.69, 9.17) is 10.5 Å². The summed E-state index contributed by atoms with van der Waals surface area (Å²) < 4.78 is 33.8. The number of sulfonamides is 1. The van der Waals surface area contributed by atoms with Gasteiger partial charge in [-0.05, 0) is 18.6 Å². The SMILES string of the molecule is COc1cc(S(=O)(=O)NCCCn2ccnc2)ccc1N. The molecule has 0 aliphatic carbocycles. The van der Waals surface area contributed by atoms with Gasteiger partial charge >= 0.3 is 0 Å². The Hall–Kier alpha value is -2.06. The number of nitrogen functional groups attached to an aromatic ring is 1. The first-order valence-corrected chi connectivity index (χ1v) is 7.90. The molecule has 7 nitrogen and oxygen atoms in total. The van der Waals surface area contributed by atoms with Crippen molar-refractivity contribution in [2.24, 2.45) is 0 Å². The molecule has 2 rings (SSSR count). The molecule has 0 amide bonds. The van der Waals surface area contributed by atoms with Gasteiger partial charge in [-0.3, -0.25) is 0 Å². The number of imidazole rings is 1. The number of methoxy groups -OCH3 is 1. The van der Waals surface area contributed by atoms with Crippen molar-refractivity contribution in [2.75, 3.05) is 19.4 Å². The number of aryl methyl sites for hydroxylation is 1. The van der Waals surface area contributed by atoms with Gasteiger partial charge < -0.3 is 15.0 Å². The topological polar surface area (TPSA) is 99.2 Å². The molecule has 21 heavy (non-hydrogen) atoms. The van der Waals surface area contributed by atoms with Crippen LogP contribution in [-0.4, -0.2) is 31.6 Å². The molecule has 3 N–H and O–H groups in total. The summed E-state index contributed by atoms with van der Waals surface area (Å²) in [4.78, 5) is 4.06. The quantitative estimate of drug-likeness (QED) is 0.583. The maximum absolute atomic E-state index is 12.1. The number of rotatable bonds is 7. The summed E-state index contributed by atoms with van der Waals surface area (Å²) in [6.07, 6.45) is 5.88. The van der Waals surface area contributed by atoms with Crippen LogP contribution in [0, 0.1) is 0 Å². The van der Waals surface area contributed by atoms with Crippen LogP contribution in [0.25, 0.3) is 0 Å². The third-order valence-corrected chi connectivity index (χ3v) is 4.42. The van der Waals surface area contributed by atoms with Crippen LogP contribution >= 0.6 is 0 Å². The molecular weight excluding hydrogens is 292 g/mol. The normalized spacial score (nSPS) is 11.5. The van der Waals surface area contributed by atoms with Gasteiger partial charge in [0.25, 0.3) is 0 Å². The lowest BCUT2D eigenvalue weighted by Gasteiger charge is -2.10. The van der Waals surface area contributed by atoms with E-state index in [0.717, 1.165) is 0 Å². The minimum Gasteiger partial charge on any atom is -0.495 e. The molecule has 114 valence electrons. The summed E-state index contributed by atoms with van der Waals surface area (Å²) in [7, 11) is -2.12. The Balaban J connectivity index is 1.95. The van der Waals surface area contributed by atoms with E-state index >= 15 is 0 Å². The van der Waals surface area contributed by atoms with Crippen molar-refractivity contribution in [1.82, 2.24) is 14.3 Å². The molecule has 0 bridgehead atoms. The fourth-order valence-electron chi connectivity index (χ4n) is 1.83. The Bertz CT molecular complexity index is 683. The highest BCUT2D eigenvalue weighted by Crippen LogP contribution is 2.24. The van der Waals surface area contributed by atoms with Gasteiger partial charge in [-0.15, -0.1) is 0 Å². The molecule has 0 unspecified atom stereocenters. The van der Waals surface area contributed by atoms with Crippen LogP contribution in [0.2, 0.25) is 0 Å². The molecule has 8 heteroatoms. The molecule has 0 fully saturated rings. The Labute approximate surface area is 123 Å². The summed E-state index contributed by atoms with van der Waals surface area (Å²) in [5.74, 6) is 0.344. The molecular formula is C13H18N4O3S. The highest BCUT2D eigenvalue weighted by atomic mass is 32.2. The van der Waals surface area contributed by atoms with Crippen molar-refractivity contribution >= 4 is 15.7 Å². The van der Waals surface area contributed by atoms with Gasteiger partial charge in [-0.1, -0.05) is 0 Å². The lowest BCUT2D eigenvalue weighted by molar-refractivity contribution is 0.415. The zero-order valence-electron chi connectivity index (χ0n) is 11.7. The summed E-state index contributed by atoms with van der Waals surface area (Å²) in [5.41, 5.74) is 6.07. The number of ether oxygens (including phenoxy) is 1. The third-order valence-electron chi connectivity index (χ3n) is 2.96. The van der Waals surface area contributed by atoms with Crippen molar-refractivity contribution in [1.29, 1.82) is 0 Å². The van der Waals surface area contributed by atoms with Crippen LogP contribution in [0.3, 0.4) is 0 Å². The number of anilines is 1. The first-order chi connectivity index (χ1) is 10.0. The first-order valence-electron chi connectivity index (χ1n) is 6.42. The molecule has 0 aliphatic rings. The van der Waals surface area contributed by atoms with E-state index in [9.17, 15) is 8.42 Å².